The summed E-state index contributed by atoms with van der Waals surface area (Å²) in [5.41, 5.74) is 7.33. The Morgan fingerprint density at radius 3 is 2.70 bits per heavy atom. The van der Waals surface area contributed by atoms with Crippen LogP contribution in [0.3, 0.4) is 0 Å². The topological polar surface area (TPSA) is 88.6 Å². The van der Waals surface area contributed by atoms with Gasteiger partial charge in [-0.2, -0.15) is 0 Å². The number of nitrogens with one attached hydrogen (secondary N) is 1. The minimum absolute atomic E-state index is 0.0715. The third-order valence-electron chi connectivity index (χ3n) is 5.11. The van der Waals surface area contributed by atoms with E-state index in [-0.39, 0.29) is 11.7 Å². The van der Waals surface area contributed by atoms with Crippen molar-refractivity contribution in [3.63, 3.8) is 0 Å². The molecule has 0 saturated heterocycles. The zero-order chi connectivity index (χ0) is 19.5. The number of nitrogens with two attached hydrogens (primary N) is 1. The maximum absolute atomic E-state index is 12.7. The van der Waals surface area contributed by atoms with Crippen molar-refractivity contribution >= 4 is 11.7 Å². The normalized spacial score (nSPS) is 14.9. The number of methoxy groups -OCH3 is 1. The van der Waals surface area contributed by atoms with Gasteiger partial charge in [0, 0.05) is 25.3 Å². The van der Waals surface area contributed by atoms with Crippen molar-refractivity contribution in [1.29, 1.82) is 5.41 Å². The van der Waals surface area contributed by atoms with Crippen molar-refractivity contribution in [2.45, 2.75) is 51.0 Å². The molecule has 1 aliphatic carbocycles. The van der Waals surface area contributed by atoms with Crippen LogP contribution < -0.4 is 5.73 Å². The van der Waals surface area contributed by atoms with E-state index in [2.05, 4.69) is 0 Å². The fraction of sp³-hybridized carbons (Fsp3) is 0.619. The van der Waals surface area contributed by atoms with E-state index in [0.29, 0.717) is 38.8 Å². The van der Waals surface area contributed by atoms with Crippen LogP contribution in [0.25, 0.3) is 0 Å². The SMILES string of the molecule is COCCN(C(=O)CCOCCc1cccc(C(=N)N)c1)C1CCCCC1. The monoisotopic (exact) mass is 375 g/mol. The summed E-state index contributed by atoms with van der Waals surface area (Å²) in [5.74, 6) is 0.236. The Balaban J connectivity index is 1.73. The molecule has 1 saturated carbocycles. The molecule has 0 radical (unpaired) electrons. The lowest BCUT2D eigenvalue weighted by molar-refractivity contribution is -0.136. The Hall–Kier alpha value is -1.92. The van der Waals surface area contributed by atoms with Crippen molar-refractivity contribution in [1.82, 2.24) is 4.90 Å². The highest BCUT2D eigenvalue weighted by Crippen LogP contribution is 2.23. The van der Waals surface area contributed by atoms with Gasteiger partial charge in [0.1, 0.15) is 5.84 Å². The lowest BCUT2D eigenvalue weighted by Gasteiger charge is -2.34. The van der Waals surface area contributed by atoms with Gasteiger partial charge >= 0.3 is 0 Å². The van der Waals surface area contributed by atoms with E-state index in [1.54, 1.807) is 7.11 Å². The second-order valence-electron chi connectivity index (χ2n) is 7.10. The van der Waals surface area contributed by atoms with Crippen LogP contribution in [0.5, 0.6) is 0 Å². The molecule has 0 heterocycles. The fourth-order valence-electron chi connectivity index (χ4n) is 3.58. The molecule has 6 heteroatoms. The second kappa shape index (κ2) is 11.7. The van der Waals surface area contributed by atoms with E-state index < -0.39 is 0 Å². The molecular weight excluding hydrogens is 342 g/mol. The van der Waals surface area contributed by atoms with Crippen LogP contribution in [0.2, 0.25) is 0 Å². The number of nitrogen functional groups attached to an aromatic ring is 1. The number of hydrogen-bond acceptors (Lipinski definition) is 4. The molecule has 150 valence electrons. The Bertz CT molecular complexity index is 600. The van der Waals surface area contributed by atoms with E-state index in [4.69, 9.17) is 20.6 Å². The summed E-state index contributed by atoms with van der Waals surface area (Å²) >= 11 is 0. The zero-order valence-electron chi connectivity index (χ0n) is 16.4. The van der Waals surface area contributed by atoms with Crippen LogP contribution in [-0.2, 0) is 20.7 Å². The first-order valence-corrected chi connectivity index (χ1v) is 9.91. The molecular formula is C21H33N3O3. The number of hydrogen-bond donors (Lipinski definition) is 2. The highest BCUT2D eigenvalue weighted by atomic mass is 16.5. The summed E-state index contributed by atoms with van der Waals surface area (Å²) in [6, 6.07) is 7.98. The maximum Gasteiger partial charge on any atom is 0.225 e. The van der Waals surface area contributed by atoms with Crippen LogP contribution in [0.4, 0.5) is 0 Å². The standard InChI is InChI=1S/C21H33N3O3/c1-26-15-12-24(19-8-3-2-4-9-19)20(25)11-14-27-13-10-17-6-5-7-18(16-17)21(22)23/h5-7,16,19H,2-4,8-15H2,1H3,(H3,22,23). The van der Waals surface area contributed by atoms with Gasteiger partial charge < -0.3 is 20.1 Å². The quantitative estimate of drug-likeness (QED) is 0.354. The van der Waals surface area contributed by atoms with E-state index in [0.717, 1.165) is 30.4 Å². The highest BCUT2D eigenvalue weighted by Gasteiger charge is 2.24. The third kappa shape index (κ3) is 7.31. The molecule has 1 aromatic rings. The molecule has 0 spiro atoms. The summed E-state index contributed by atoms with van der Waals surface area (Å²) in [4.78, 5) is 14.7. The lowest BCUT2D eigenvalue weighted by Crippen LogP contribution is -2.43. The Morgan fingerprint density at radius 1 is 1.22 bits per heavy atom. The minimum Gasteiger partial charge on any atom is -0.384 e. The van der Waals surface area contributed by atoms with Gasteiger partial charge in [0.2, 0.25) is 5.91 Å². The maximum atomic E-state index is 12.7. The zero-order valence-corrected chi connectivity index (χ0v) is 16.4. The molecule has 0 aliphatic heterocycles. The summed E-state index contributed by atoms with van der Waals surface area (Å²) in [5, 5.41) is 7.49. The third-order valence-corrected chi connectivity index (χ3v) is 5.11. The summed E-state index contributed by atoms with van der Waals surface area (Å²) in [6.45, 7) is 2.23. The van der Waals surface area contributed by atoms with Gasteiger partial charge in [0.05, 0.1) is 26.2 Å². The predicted molar refractivity (Wildman–Crippen MR) is 107 cm³/mol. The number of amides is 1. The molecule has 1 fully saturated rings. The van der Waals surface area contributed by atoms with Gasteiger partial charge in [-0.05, 0) is 30.9 Å². The van der Waals surface area contributed by atoms with E-state index >= 15 is 0 Å². The fourth-order valence-corrected chi connectivity index (χ4v) is 3.58. The smallest absolute Gasteiger partial charge is 0.225 e. The summed E-state index contributed by atoms with van der Waals surface area (Å²) in [6.07, 6.45) is 7.04. The average molecular weight is 376 g/mol. The molecule has 0 atom stereocenters. The molecule has 3 N–H and O–H groups in total. The van der Waals surface area contributed by atoms with Gasteiger partial charge in [-0.1, -0.05) is 37.5 Å². The second-order valence-corrected chi connectivity index (χ2v) is 7.10. The van der Waals surface area contributed by atoms with Crippen molar-refractivity contribution in [3.05, 3.63) is 35.4 Å². The lowest BCUT2D eigenvalue weighted by atomic mass is 9.94. The number of nitrogens with zero attached hydrogens (tertiary/aromatic N) is 1. The van der Waals surface area contributed by atoms with Crippen LogP contribution >= 0.6 is 0 Å². The molecule has 1 aromatic carbocycles. The van der Waals surface area contributed by atoms with Crippen molar-refractivity contribution in [3.8, 4) is 0 Å². The molecule has 27 heavy (non-hydrogen) atoms. The largest absolute Gasteiger partial charge is 0.384 e. The molecule has 1 aliphatic rings. The molecule has 0 bridgehead atoms. The summed E-state index contributed by atoms with van der Waals surface area (Å²) in [7, 11) is 1.67. The van der Waals surface area contributed by atoms with Gasteiger partial charge in [-0.25, -0.2) is 0 Å². The molecule has 0 aromatic heterocycles. The molecule has 6 nitrogen and oxygen atoms in total. The van der Waals surface area contributed by atoms with Crippen molar-refractivity contribution in [2.24, 2.45) is 5.73 Å². The summed E-state index contributed by atoms with van der Waals surface area (Å²) < 4.78 is 10.9. The van der Waals surface area contributed by atoms with Crippen LogP contribution in [0.15, 0.2) is 24.3 Å². The number of carbonyl (C=O) groups excluding carboxylic acids is 1. The number of benzene rings is 1. The Morgan fingerprint density at radius 2 is 2.00 bits per heavy atom. The number of amidine groups is 1. The molecule has 0 unspecified atom stereocenters. The van der Waals surface area contributed by atoms with E-state index in [9.17, 15) is 4.79 Å². The average Bonchev–Trinajstić information content (AvgIpc) is 2.69. The highest BCUT2D eigenvalue weighted by molar-refractivity contribution is 5.95. The first-order valence-electron chi connectivity index (χ1n) is 9.91. The predicted octanol–water partition coefficient (Wildman–Crippen LogP) is 2.73. The van der Waals surface area contributed by atoms with E-state index in [1.807, 2.05) is 29.2 Å². The Kier molecular flexibility index (Phi) is 9.28. The molecule has 1 amide bonds. The van der Waals surface area contributed by atoms with Gasteiger partial charge in [0.15, 0.2) is 0 Å². The van der Waals surface area contributed by atoms with Gasteiger partial charge in [-0.15, -0.1) is 0 Å². The first kappa shape index (κ1) is 21.4. The molecule has 2 rings (SSSR count). The number of ether oxygens (including phenoxy) is 2. The van der Waals surface area contributed by atoms with Crippen molar-refractivity contribution in [2.75, 3.05) is 33.5 Å². The number of carbonyl (C=O) groups is 1. The van der Waals surface area contributed by atoms with Gasteiger partial charge in [0.25, 0.3) is 0 Å². The number of rotatable bonds is 11. The van der Waals surface area contributed by atoms with Crippen LogP contribution in [-0.4, -0.2) is 56.2 Å². The van der Waals surface area contributed by atoms with Gasteiger partial charge in [-0.3, -0.25) is 10.2 Å². The first-order chi connectivity index (χ1) is 13.1. The van der Waals surface area contributed by atoms with Crippen LogP contribution in [0.1, 0.15) is 49.7 Å². The van der Waals surface area contributed by atoms with Crippen molar-refractivity contribution < 1.29 is 14.3 Å². The Labute approximate surface area is 162 Å². The van der Waals surface area contributed by atoms with E-state index in [1.165, 1.54) is 19.3 Å². The van der Waals surface area contributed by atoms with Crippen LogP contribution in [0, 0.1) is 5.41 Å². The minimum atomic E-state index is 0.0715.